The molecule has 3 aromatic rings. The normalized spacial score (nSPS) is 19.4. The third-order valence-corrected chi connectivity index (χ3v) is 5.00. The number of rotatable bonds is 5. The van der Waals surface area contributed by atoms with Crippen LogP contribution in [-0.2, 0) is 4.79 Å². The Morgan fingerprint density at radius 2 is 1.60 bits per heavy atom. The topological polar surface area (TPSA) is 70.4 Å². The van der Waals surface area contributed by atoms with Gasteiger partial charge in [-0.3, -0.25) is 9.59 Å². The van der Waals surface area contributed by atoms with E-state index in [4.69, 9.17) is 4.74 Å². The van der Waals surface area contributed by atoms with E-state index < -0.39 is 6.04 Å². The lowest BCUT2D eigenvalue weighted by Gasteiger charge is -2.14. The molecule has 1 heterocycles. The van der Waals surface area contributed by atoms with Gasteiger partial charge in [-0.15, -0.1) is 10.1 Å². The molecule has 3 aromatic carbocycles. The van der Waals surface area contributed by atoms with E-state index in [1.807, 2.05) is 66.9 Å². The Balaban J connectivity index is 1.65. The lowest BCUT2D eigenvalue weighted by molar-refractivity contribution is -0.596. The zero-order valence-electron chi connectivity index (χ0n) is 16.5. The van der Waals surface area contributed by atoms with E-state index in [1.54, 1.807) is 36.1 Å². The average molecular weight is 400 g/mol. The third-order valence-electron chi connectivity index (χ3n) is 5.00. The number of carbonyl (C=O) groups excluding carboxylic acids is 2. The highest BCUT2D eigenvalue weighted by Crippen LogP contribution is 2.25. The maximum Gasteiger partial charge on any atom is 0.304 e. The minimum Gasteiger partial charge on any atom is -0.497 e. The monoisotopic (exact) mass is 400 g/mol. The van der Waals surface area contributed by atoms with Gasteiger partial charge in [0.15, 0.2) is 6.04 Å². The molecule has 0 radical (unpaired) electrons. The summed E-state index contributed by atoms with van der Waals surface area (Å²) in [6.45, 7) is 0. The summed E-state index contributed by atoms with van der Waals surface area (Å²) >= 11 is 0. The number of amides is 2. The van der Waals surface area contributed by atoms with Gasteiger partial charge in [0, 0.05) is 16.7 Å². The zero-order valence-corrected chi connectivity index (χ0v) is 16.5. The van der Waals surface area contributed by atoms with Gasteiger partial charge in [0.05, 0.1) is 7.11 Å². The molecule has 1 fully saturated rings. The highest BCUT2D eigenvalue weighted by Gasteiger charge is 2.47. The summed E-state index contributed by atoms with van der Waals surface area (Å²) in [7, 11) is 1.57. The van der Waals surface area contributed by atoms with Crippen molar-refractivity contribution in [3.05, 3.63) is 102 Å². The molecule has 0 aromatic heterocycles. The molecule has 2 atom stereocenters. The van der Waals surface area contributed by atoms with Crippen LogP contribution in [0.3, 0.4) is 0 Å². The van der Waals surface area contributed by atoms with E-state index in [0.29, 0.717) is 11.3 Å². The number of hydrazone groups is 1. The van der Waals surface area contributed by atoms with Crippen molar-refractivity contribution in [1.82, 2.24) is 10.7 Å². The molecule has 6 nitrogen and oxygen atoms in total. The summed E-state index contributed by atoms with van der Waals surface area (Å²) in [6.07, 6.45) is 1.87. The van der Waals surface area contributed by atoms with E-state index in [-0.39, 0.29) is 17.9 Å². The van der Waals surface area contributed by atoms with Gasteiger partial charge in [0.2, 0.25) is 12.3 Å². The van der Waals surface area contributed by atoms with Crippen molar-refractivity contribution in [1.29, 1.82) is 0 Å². The predicted molar refractivity (Wildman–Crippen MR) is 113 cm³/mol. The van der Waals surface area contributed by atoms with E-state index >= 15 is 0 Å². The molecule has 2 N–H and O–H groups in total. The summed E-state index contributed by atoms with van der Waals surface area (Å²) < 4.78 is 6.89. The van der Waals surface area contributed by atoms with Crippen LogP contribution < -0.4 is 15.5 Å². The van der Waals surface area contributed by atoms with Gasteiger partial charge in [-0.2, -0.15) is 0 Å². The highest BCUT2D eigenvalue weighted by molar-refractivity contribution is 5.98. The number of hydrogen-bond donors (Lipinski definition) is 2. The molecule has 0 bridgehead atoms. The number of hydrogen-bond acceptors (Lipinski definition) is 3. The smallest absolute Gasteiger partial charge is 0.304 e. The summed E-state index contributed by atoms with van der Waals surface area (Å²) in [4.78, 5) is 25.6. The Labute approximate surface area is 174 Å². The molecular weight excluding hydrogens is 378 g/mol. The summed E-state index contributed by atoms with van der Waals surface area (Å²) in [5.74, 6) is 0.0779. The molecule has 2 amide bonds. The molecule has 1 saturated heterocycles. The van der Waals surface area contributed by atoms with E-state index in [9.17, 15) is 9.59 Å². The second-order valence-electron chi connectivity index (χ2n) is 6.96. The minimum atomic E-state index is -0.748. The fourth-order valence-electron chi connectivity index (χ4n) is 3.50. The maximum absolute atomic E-state index is 12.8. The number of nitrogens with zero attached hydrogens (tertiary/aromatic N) is 1. The summed E-state index contributed by atoms with van der Waals surface area (Å²) in [5.41, 5.74) is 5.20. The van der Waals surface area contributed by atoms with Gasteiger partial charge < -0.3 is 10.1 Å². The molecule has 150 valence electrons. The van der Waals surface area contributed by atoms with Crippen LogP contribution in [0.5, 0.6) is 5.75 Å². The fourth-order valence-corrected chi connectivity index (χ4v) is 3.50. The molecule has 0 unspecified atom stereocenters. The lowest BCUT2D eigenvalue weighted by Crippen LogP contribution is -2.42. The van der Waals surface area contributed by atoms with Crippen LogP contribution in [0, 0.1) is 0 Å². The van der Waals surface area contributed by atoms with Gasteiger partial charge in [0.25, 0.3) is 5.91 Å². The number of ether oxygens (including phenoxy) is 1. The second kappa shape index (κ2) is 8.61. The number of benzene rings is 3. The molecular formula is C24H22N3O3+. The van der Waals surface area contributed by atoms with Crippen LogP contribution in [0.1, 0.15) is 27.5 Å². The van der Waals surface area contributed by atoms with Crippen molar-refractivity contribution < 1.29 is 19.0 Å². The first kappa shape index (κ1) is 19.4. The first-order chi connectivity index (χ1) is 14.7. The molecule has 0 aliphatic carbocycles. The fraction of sp³-hybridized carbons (Fsp3) is 0.125. The van der Waals surface area contributed by atoms with E-state index in [0.717, 1.165) is 11.1 Å². The van der Waals surface area contributed by atoms with Crippen LogP contribution >= 0.6 is 0 Å². The molecule has 1 aliphatic rings. The van der Waals surface area contributed by atoms with Crippen LogP contribution in [0.15, 0.2) is 84.9 Å². The average Bonchev–Trinajstić information content (AvgIpc) is 3.09. The van der Waals surface area contributed by atoms with Gasteiger partial charge in [0.1, 0.15) is 5.75 Å². The summed E-state index contributed by atoms with van der Waals surface area (Å²) in [6, 6.07) is 25.0. The van der Waals surface area contributed by atoms with Crippen molar-refractivity contribution in [2.45, 2.75) is 12.1 Å². The molecule has 1 aliphatic heterocycles. The Morgan fingerprint density at radius 3 is 2.23 bits per heavy atom. The number of carbonyl (C=O) groups is 2. The maximum atomic E-state index is 12.8. The molecule has 6 heteroatoms. The van der Waals surface area contributed by atoms with Crippen molar-refractivity contribution in [2.24, 2.45) is 0 Å². The van der Waals surface area contributed by atoms with E-state index in [1.165, 1.54) is 0 Å². The van der Waals surface area contributed by atoms with Gasteiger partial charge in [-0.05, 0) is 36.4 Å². The largest absolute Gasteiger partial charge is 0.497 e. The number of nitrogens with one attached hydrogen (secondary N) is 2. The Morgan fingerprint density at radius 1 is 0.967 bits per heavy atom. The van der Waals surface area contributed by atoms with Crippen LogP contribution in [-0.4, -0.2) is 35.9 Å². The molecule has 0 saturated carbocycles. The predicted octanol–water partition coefficient (Wildman–Crippen LogP) is 2.71. The Bertz CT molecular complexity index is 1060. The van der Waals surface area contributed by atoms with E-state index in [2.05, 4.69) is 10.7 Å². The van der Waals surface area contributed by atoms with Crippen LogP contribution in [0.25, 0.3) is 0 Å². The Kier molecular flexibility index (Phi) is 5.57. The second-order valence-corrected chi connectivity index (χ2v) is 6.96. The van der Waals surface area contributed by atoms with Gasteiger partial charge >= 0.3 is 5.91 Å². The van der Waals surface area contributed by atoms with Gasteiger partial charge in [-0.1, -0.05) is 48.5 Å². The van der Waals surface area contributed by atoms with Gasteiger partial charge in [-0.25, -0.2) is 0 Å². The van der Waals surface area contributed by atoms with Crippen molar-refractivity contribution >= 4 is 18.0 Å². The van der Waals surface area contributed by atoms with Crippen LogP contribution in [0.4, 0.5) is 0 Å². The third kappa shape index (κ3) is 4.07. The zero-order chi connectivity index (χ0) is 20.9. The number of methoxy groups -OCH3 is 1. The molecule has 4 rings (SSSR count). The number of hydrazine groups is 1. The first-order valence-corrected chi connectivity index (χ1v) is 9.64. The van der Waals surface area contributed by atoms with Crippen LogP contribution in [0.2, 0.25) is 0 Å². The SMILES string of the molecule is COc1ccc(C(=O)N[C@H]2C(=O)N/[N+](=C\c3ccccc3)[C@@H]2c2ccccc2)cc1. The summed E-state index contributed by atoms with van der Waals surface area (Å²) in [5, 5.41) is 2.89. The first-order valence-electron chi connectivity index (χ1n) is 9.64. The van der Waals surface area contributed by atoms with Crippen molar-refractivity contribution in [3.63, 3.8) is 0 Å². The van der Waals surface area contributed by atoms with Crippen molar-refractivity contribution in [2.75, 3.05) is 7.11 Å². The minimum absolute atomic E-state index is 0.266. The lowest BCUT2D eigenvalue weighted by atomic mass is 10.00. The standard InChI is InChI=1S/C24H21N3O3/c1-30-20-14-12-19(13-15-20)23(28)25-21-22(18-10-6-3-7-11-18)27(26-24(21)29)16-17-8-4-2-5-9-17/h2-16,21-22H,1H3,(H-,25,26,28,29)/p+1/b27-16-/t21-,22-/m1/s1. The van der Waals surface area contributed by atoms with Crippen molar-refractivity contribution in [3.8, 4) is 5.75 Å². The molecule has 0 spiro atoms. The Hall–Kier alpha value is -3.93. The highest BCUT2D eigenvalue weighted by atomic mass is 16.5. The molecule has 30 heavy (non-hydrogen) atoms. The quantitative estimate of drug-likeness (QED) is 0.647.